The molecule has 0 radical (unpaired) electrons. The van der Waals surface area contributed by atoms with Crippen LogP contribution in [0.2, 0.25) is 0 Å². The van der Waals surface area contributed by atoms with Crippen molar-refractivity contribution in [3.63, 3.8) is 0 Å². The zero-order chi connectivity index (χ0) is 19.8. The normalized spacial score (nSPS) is 26.9. The first kappa shape index (κ1) is 19.3. The van der Waals surface area contributed by atoms with Crippen LogP contribution in [0.15, 0.2) is 54.6 Å². The summed E-state index contributed by atoms with van der Waals surface area (Å²) in [5.74, 6) is -1.16. The lowest BCUT2D eigenvalue weighted by atomic mass is 9.81. The molecule has 3 amide bonds. The monoisotopic (exact) mass is 504 g/mol. The first-order valence-corrected chi connectivity index (χ1v) is 10.9. The van der Waals surface area contributed by atoms with Gasteiger partial charge in [-0.1, -0.05) is 56.1 Å². The van der Waals surface area contributed by atoms with Crippen LogP contribution < -0.4 is 10.2 Å². The van der Waals surface area contributed by atoms with Crippen LogP contribution in [-0.2, 0) is 9.59 Å². The average Bonchev–Trinajstić information content (AvgIpc) is 2.93. The Hall–Kier alpha value is -1.99. The molecule has 1 saturated carbocycles. The van der Waals surface area contributed by atoms with Crippen molar-refractivity contribution in [3.8, 4) is 0 Å². The molecule has 4 atom stereocenters. The van der Waals surface area contributed by atoms with Gasteiger partial charge in [0.1, 0.15) is 0 Å². The molecule has 2 aromatic carbocycles. The van der Waals surface area contributed by atoms with Gasteiger partial charge in [0.25, 0.3) is 5.91 Å². The molecule has 0 aromatic heterocycles. The number of carbonyl (C=O) groups excluding carboxylic acids is 3. The Bertz CT molecular complexity index is 906. The molecule has 0 spiro atoms. The van der Waals surface area contributed by atoms with Crippen LogP contribution in [-0.4, -0.2) is 27.4 Å². The lowest BCUT2D eigenvalue weighted by Gasteiger charge is -2.29. The summed E-state index contributed by atoms with van der Waals surface area (Å²) in [6.07, 6.45) is 1.26. The van der Waals surface area contributed by atoms with E-state index in [0.717, 1.165) is 0 Å². The number of amides is 3. The molecule has 2 aromatic rings. The first-order valence-electron chi connectivity index (χ1n) is 9.08. The van der Waals surface area contributed by atoms with Crippen LogP contribution in [0.25, 0.3) is 0 Å². The van der Waals surface area contributed by atoms with Crippen molar-refractivity contribution >= 4 is 61.0 Å². The van der Waals surface area contributed by atoms with E-state index in [0.29, 0.717) is 29.8 Å². The number of alkyl halides is 2. The zero-order valence-electron chi connectivity index (χ0n) is 14.8. The van der Waals surface area contributed by atoms with E-state index in [1.807, 2.05) is 6.07 Å². The minimum absolute atomic E-state index is 0.162. The van der Waals surface area contributed by atoms with Crippen LogP contribution in [0.3, 0.4) is 0 Å². The maximum Gasteiger partial charge on any atom is 0.255 e. The predicted octanol–water partition coefficient (Wildman–Crippen LogP) is 4.37. The molecule has 1 saturated heterocycles. The molecule has 1 N–H and O–H groups in total. The lowest BCUT2D eigenvalue weighted by molar-refractivity contribution is -0.122. The van der Waals surface area contributed by atoms with E-state index in [1.165, 1.54) is 4.90 Å². The van der Waals surface area contributed by atoms with Crippen molar-refractivity contribution in [3.05, 3.63) is 60.2 Å². The number of hydrogen-bond donors (Lipinski definition) is 1. The summed E-state index contributed by atoms with van der Waals surface area (Å²) in [4.78, 5) is 39.9. The molecule has 2 fully saturated rings. The molecule has 0 bridgehead atoms. The topological polar surface area (TPSA) is 66.5 Å². The smallest absolute Gasteiger partial charge is 0.255 e. The zero-order valence-corrected chi connectivity index (χ0v) is 18.0. The average molecular weight is 506 g/mol. The van der Waals surface area contributed by atoms with E-state index in [1.54, 1.807) is 48.5 Å². The molecule has 5 nitrogen and oxygen atoms in total. The van der Waals surface area contributed by atoms with Gasteiger partial charge in [0.15, 0.2) is 0 Å². The summed E-state index contributed by atoms with van der Waals surface area (Å²) >= 11 is 7.20. The number of hydrogen-bond acceptors (Lipinski definition) is 3. The summed E-state index contributed by atoms with van der Waals surface area (Å²) < 4.78 is 0. The van der Waals surface area contributed by atoms with Gasteiger partial charge in [-0.15, -0.1) is 0 Å². The molecule has 144 valence electrons. The number of nitrogens with zero attached hydrogens (tertiary/aromatic N) is 1. The number of carbonyl (C=O) groups is 3. The Morgan fingerprint density at radius 3 is 2.11 bits per heavy atom. The van der Waals surface area contributed by atoms with E-state index in [2.05, 4.69) is 37.2 Å². The van der Waals surface area contributed by atoms with E-state index < -0.39 is 0 Å². The third kappa shape index (κ3) is 3.53. The molecule has 0 unspecified atom stereocenters. The lowest BCUT2D eigenvalue weighted by Crippen LogP contribution is -2.34. The van der Waals surface area contributed by atoms with Gasteiger partial charge in [-0.3, -0.25) is 14.4 Å². The van der Waals surface area contributed by atoms with Gasteiger partial charge in [0, 0.05) is 20.9 Å². The summed E-state index contributed by atoms with van der Waals surface area (Å²) in [5.41, 5.74) is 1.57. The molecule has 1 heterocycles. The summed E-state index contributed by atoms with van der Waals surface area (Å²) in [7, 11) is 0. The maximum absolute atomic E-state index is 12.9. The Balaban J connectivity index is 1.57. The molecule has 4 rings (SSSR count). The second-order valence-electron chi connectivity index (χ2n) is 7.10. The number of halogens is 2. The number of imide groups is 1. The minimum Gasteiger partial charge on any atom is -0.322 e. The highest BCUT2D eigenvalue weighted by Crippen LogP contribution is 2.44. The minimum atomic E-state index is -0.298. The van der Waals surface area contributed by atoms with Crippen molar-refractivity contribution in [2.75, 3.05) is 10.2 Å². The van der Waals surface area contributed by atoms with Crippen molar-refractivity contribution in [1.82, 2.24) is 0 Å². The van der Waals surface area contributed by atoms with Crippen LogP contribution in [0, 0.1) is 11.8 Å². The largest absolute Gasteiger partial charge is 0.322 e. The van der Waals surface area contributed by atoms with Crippen LogP contribution >= 0.6 is 31.9 Å². The van der Waals surface area contributed by atoms with E-state index >= 15 is 0 Å². The van der Waals surface area contributed by atoms with Crippen molar-refractivity contribution in [2.45, 2.75) is 22.5 Å². The Labute approximate surface area is 179 Å². The molecular formula is C21H18Br2N2O3. The number of nitrogens with one attached hydrogen (secondary N) is 1. The van der Waals surface area contributed by atoms with Gasteiger partial charge in [-0.2, -0.15) is 0 Å². The van der Waals surface area contributed by atoms with Gasteiger partial charge in [-0.05, 0) is 43.2 Å². The molecular weight excluding hydrogens is 488 g/mol. The fourth-order valence-corrected chi connectivity index (χ4v) is 5.10. The third-order valence-corrected chi connectivity index (χ3v) is 8.04. The second-order valence-corrected chi connectivity index (χ2v) is 9.45. The van der Waals surface area contributed by atoms with Gasteiger partial charge in [-0.25, -0.2) is 4.90 Å². The van der Waals surface area contributed by atoms with E-state index in [9.17, 15) is 14.4 Å². The van der Waals surface area contributed by atoms with E-state index in [4.69, 9.17) is 0 Å². The molecule has 1 aliphatic carbocycles. The fraction of sp³-hybridized carbons (Fsp3) is 0.286. The third-order valence-electron chi connectivity index (χ3n) is 5.31. The number of fused-ring (bicyclic) bond motifs is 1. The molecule has 28 heavy (non-hydrogen) atoms. The van der Waals surface area contributed by atoms with Crippen LogP contribution in [0.5, 0.6) is 0 Å². The number of benzene rings is 2. The van der Waals surface area contributed by atoms with E-state index in [-0.39, 0.29) is 39.2 Å². The van der Waals surface area contributed by atoms with Gasteiger partial charge >= 0.3 is 0 Å². The Morgan fingerprint density at radius 2 is 1.50 bits per heavy atom. The molecule has 2 aliphatic rings. The summed E-state index contributed by atoms with van der Waals surface area (Å²) in [6.45, 7) is 0. The van der Waals surface area contributed by atoms with Gasteiger partial charge < -0.3 is 5.32 Å². The first-order chi connectivity index (χ1) is 13.5. The second kappa shape index (κ2) is 7.79. The van der Waals surface area contributed by atoms with Crippen molar-refractivity contribution in [2.24, 2.45) is 11.8 Å². The highest BCUT2D eigenvalue weighted by molar-refractivity contribution is 9.12. The van der Waals surface area contributed by atoms with Crippen LogP contribution in [0.4, 0.5) is 11.4 Å². The SMILES string of the molecule is O=C(Nc1cccc(N2C(=O)[C@H]3C[C@H](Br)[C@@H](Br)C[C@H]3C2=O)c1)c1ccccc1. The maximum atomic E-state index is 12.9. The van der Waals surface area contributed by atoms with Crippen LogP contribution in [0.1, 0.15) is 23.2 Å². The highest BCUT2D eigenvalue weighted by atomic mass is 79.9. The standard InChI is InChI=1S/C21H18Br2N2O3/c22-17-10-15-16(11-18(17)23)21(28)25(20(15)27)14-8-4-7-13(9-14)24-19(26)12-5-2-1-3-6-12/h1-9,15-18H,10-11H2,(H,24,26)/t15-,16+,17-,18-/m0/s1. The quantitative estimate of drug-likeness (QED) is 0.497. The predicted molar refractivity (Wildman–Crippen MR) is 115 cm³/mol. The number of anilines is 2. The summed E-state index contributed by atoms with van der Waals surface area (Å²) in [5, 5.41) is 2.83. The van der Waals surface area contributed by atoms with Gasteiger partial charge in [0.2, 0.25) is 11.8 Å². The van der Waals surface area contributed by atoms with Crippen molar-refractivity contribution in [1.29, 1.82) is 0 Å². The highest BCUT2D eigenvalue weighted by Gasteiger charge is 2.52. The summed E-state index contributed by atoms with van der Waals surface area (Å²) in [6, 6.07) is 15.8. The van der Waals surface area contributed by atoms with Crippen molar-refractivity contribution < 1.29 is 14.4 Å². The molecule has 1 aliphatic heterocycles. The van der Waals surface area contributed by atoms with Gasteiger partial charge in [0.05, 0.1) is 17.5 Å². The Morgan fingerprint density at radius 1 is 0.893 bits per heavy atom. The molecule has 7 heteroatoms. The number of rotatable bonds is 3. The fourth-order valence-electron chi connectivity index (χ4n) is 3.87. The Kier molecular flexibility index (Phi) is 5.38.